The third-order valence-corrected chi connectivity index (χ3v) is 6.13. The molecule has 2 saturated heterocycles. The molecule has 2 amide bonds. The van der Waals surface area contributed by atoms with E-state index in [1.165, 1.54) is 21.6 Å². The Morgan fingerprint density at radius 1 is 1.33 bits per heavy atom. The number of nitrogens with zero attached hydrogens (tertiary/aromatic N) is 1. The monoisotopic (exact) mass is 406 g/mol. The van der Waals surface area contributed by atoms with Gasteiger partial charge in [-0.2, -0.15) is 0 Å². The van der Waals surface area contributed by atoms with Crippen LogP contribution >= 0.6 is 24.0 Å². The van der Waals surface area contributed by atoms with Crippen LogP contribution in [0.5, 0.6) is 0 Å². The number of hydrogen-bond acceptors (Lipinski definition) is 5. The summed E-state index contributed by atoms with van der Waals surface area (Å²) in [5, 5.41) is 2.97. The van der Waals surface area contributed by atoms with E-state index < -0.39 is 0 Å². The lowest BCUT2D eigenvalue weighted by molar-refractivity contribution is -0.908. The first-order valence-electron chi connectivity index (χ1n) is 9.06. The predicted molar refractivity (Wildman–Crippen MR) is 111 cm³/mol. The van der Waals surface area contributed by atoms with Gasteiger partial charge in [0.1, 0.15) is 17.4 Å². The summed E-state index contributed by atoms with van der Waals surface area (Å²) in [5.74, 6) is -0.160. The first-order chi connectivity index (χ1) is 13.0. The molecule has 144 valence electrons. The van der Waals surface area contributed by atoms with Crippen LogP contribution in [-0.4, -0.2) is 67.5 Å². The van der Waals surface area contributed by atoms with E-state index >= 15 is 0 Å². The van der Waals surface area contributed by atoms with Crippen LogP contribution < -0.4 is 10.2 Å². The fourth-order valence-corrected chi connectivity index (χ4v) is 4.16. The molecule has 0 bridgehead atoms. The minimum absolute atomic E-state index is 0.0709. The summed E-state index contributed by atoms with van der Waals surface area (Å²) in [5.41, 5.74) is 1.49. The highest BCUT2D eigenvalue weighted by Gasteiger charge is 2.28. The number of ether oxygens (including phenoxy) is 1. The standard InChI is InChI=1S/C19H23N3O3S2/c1-21-18(24)16(27-19(21)26)13-14-3-5-15(6-4-14)17(23)20-7-2-8-22-9-11-25-12-10-22/h3-6,13H,2,7-12H2,1H3,(H,20,23)/p+1/b16-13+. The molecule has 2 fully saturated rings. The number of likely N-dealkylation sites (N-methyl/N-ethyl adjacent to an activating group) is 1. The summed E-state index contributed by atoms with van der Waals surface area (Å²) < 4.78 is 5.90. The van der Waals surface area contributed by atoms with Crippen molar-refractivity contribution < 1.29 is 19.2 Å². The highest BCUT2D eigenvalue weighted by Crippen LogP contribution is 2.31. The first-order valence-corrected chi connectivity index (χ1v) is 10.3. The molecule has 6 nitrogen and oxygen atoms in total. The lowest BCUT2D eigenvalue weighted by Crippen LogP contribution is -3.14. The van der Waals surface area contributed by atoms with Crippen LogP contribution in [-0.2, 0) is 9.53 Å². The molecule has 2 aliphatic rings. The van der Waals surface area contributed by atoms with Crippen LogP contribution in [0.25, 0.3) is 6.08 Å². The van der Waals surface area contributed by atoms with Gasteiger partial charge in [-0.15, -0.1) is 0 Å². The number of benzene rings is 1. The van der Waals surface area contributed by atoms with Crippen LogP contribution in [0.1, 0.15) is 22.3 Å². The molecule has 0 saturated carbocycles. The van der Waals surface area contributed by atoms with Gasteiger partial charge in [0, 0.05) is 25.6 Å². The molecule has 0 unspecified atom stereocenters. The van der Waals surface area contributed by atoms with Crippen LogP contribution in [0.3, 0.4) is 0 Å². The van der Waals surface area contributed by atoms with Gasteiger partial charge in [-0.1, -0.05) is 36.1 Å². The van der Waals surface area contributed by atoms with Crippen molar-refractivity contribution in [3.63, 3.8) is 0 Å². The van der Waals surface area contributed by atoms with E-state index in [-0.39, 0.29) is 11.8 Å². The van der Waals surface area contributed by atoms with E-state index in [2.05, 4.69) is 5.32 Å². The zero-order valence-electron chi connectivity index (χ0n) is 15.3. The molecule has 0 spiro atoms. The number of morpholine rings is 1. The highest BCUT2D eigenvalue weighted by atomic mass is 32.2. The van der Waals surface area contributed by atoms with E-state index in [4.69, 9.17) is 17.0 Å². The zero-order chi connectivity index (χ0) is 19.2. The third-order valence-electron chi connectivity index (χ3n) is 4.65. The van der Waals surface area contributed by atoms with Gasteiger partial charge in [0.2, 0.25) is 0 Å². The van der Waals surface area contributed by atoms with Crippen molar-refractivity contribution in [1.82, 2.24) is 10.2 Å². The molecule has 0 aliphatic carbocycles. The molecule has 2 N–H and O–H groups in total. The van der Waals surface area contributed by atoms with Crippen LogP contribution in [0.2, 0.25) is 0 Å². The average molecular weight is 407 g/mol. The highest BCUT2D eigenvalue weighted by molar-refractivity contribution is 8.26. The first kappa shape index (κ1) is 20.0. The topological polar surface area (TPSA) is 63.1 Å². The Kier molecular flexibility index (Phi) is 7.01. The summed E-state index contributed by atoms with van der Waals surface area (Å²) in [6.45, 7) is 5.48. The fourth-order valence-electron chi connectivity index (χ4n) is 2.98. The molecule has 2 aliphatic heterocycles. The Bertz CT molecular complexity index is 743. The molecule has 0 radical (unpaired) electrons. The van der Waals surface area contributed by atoms with Gasteiger partial charge in [0.25, 0.3) is 11.8 Å². The Hall–Kier alpha value is -1.74. The number of nitrogens with one attached hydrogen (secondary N) is 2. The lowest BCUT2D eigenvalue weighted by atomic mass is 10.1. The summed E-state index contributed by atoms with van der Waals surface area (Å²) in [6, 6.07) is 7.24. The molecule has 3 rings (SSSR count). The maximum Gasteiger partial charge on any atom is 0.265 e. The van der Waals surface area contributed by atoms with Crippen LogP contribution in [0.15, 0.2) is 29.2 Å². The van der Waals surface area contributed by atoms with Gasteiger partial charge in [-0.3, -0.25) is 14.5 Å². The molecule has 1 aromatic rings. The second-order valence-corrected chi connectivity index (χ2v) is 8.26. The zero-order valence-corrected chi connectivity index (χ0v) is 17.0. The Morgan fingerprint density at radius 2 is 2.04 bits per heavy atom. The number of thioether (sulfide) groups is 1. The fraction of sp³-hybridized carbons (Fsp3) is 0.421. The van der Waals surface area contributed by atoms with Crippen molar-refractivity contribution in [2.75, 3.05) is 46.4 Å². The minimum Gasteiger partial charge on any atom is -0.370 e. The molecule has 8 heteroatoms. The lowest BCUT2D eigenvalue weighted by Gasteiger charge is -2.23. The van der Waals surface area contributed by atoms with Gasteiger partial charge in [-0.25, -0.2) is 0 Å². The molecule has 0 atom stereocenters. The quantitative estimate of drug-likeness (QED) is 0.411. The van der Waals surface area contributed by atoms with Crippen molar-refractivity contribution in [1.29, 1.82) is 0 Å². The molecule has 1 aromatic carbocycles. The number of rotatable bonds is 6. The molecular weight excluding hydrogens is 382 g/mol. The maximum atomic E-state index is 12.3. The largest absolute Gasteiger partial charge is 0.370 e. The van der Waals surface area contributed by atoms with Crippen molar-refractivity contribution >= 4 is 46.2 Å². The molecule has 27 heavy (non-hydrogen) atoms. The number of thiocarbonyl (C=S) groups is 1. The van der Waals surface area contributed by atoms with Gasteiger partial charge in [0.15, 0.2) is 0 Å². The van der Waals surface area contributed by atoms with Crippen molar-refractivity contribution in [3.05, 3.63) is 40.3 Å². The van der Waals surface area contributed by atoms with E-state index in [1.54, 1.807) is 25.3 Å². The number of carbonyl (C=O) groups excluding carboxylic acids is 2. The summed E-state index contributed by atoms with van der Waals surface area (Å²) >= 11 is 6.42. The summed E-state index contributed by atoms with van der Waals surface area (Å²) in [4.78, 5) is 27.9. The second kappa shape index (κ2) is 9.45. The number of hydrogen-bond donors (Lipinski definition) is 2. The number of amides is 2. The van der Waals surface area contributed by atoms with Crippen LogP contribution in [0, 0.1) is 0 Å². The van der Waals surface area contributed by atoms with E-state index in [0.717, 1.165) is 44.8 Å². The van der Waals surface area contributed by atoms with Gasteiger partial charge < -0.3 is 15.0 Å². The molecule has 2 heterocycles. The maximum absolute atomic E-state index is 12.3. The Balaban J connectivity index is 1.47. The van der Waals surface area contributed by atoms with E-state index in [9.17, 15) is 9.59 Å². The molecular formula is C19H24N3O3S2+. The van der Waals surface area contributed by atoms with Crippen molar-refractivity contribution in [2.24, 2.45) is 0 Å². The van der Waals surface area contributed by atoms with Crippen LogP contribution in [0.4, 0.5) is 0 Å². The van der Waals surface area contributed by atoms with E-state index in [1.807, 2.05) is 12.1 Å². The van der Waals surface area contributed by atoms with Gasteiger partial charge in [0.05, 0.1) is 24.7 Å². The smallest absolute Gasteiger partial charge is 0.265 e. The minimum atomic E-state index is -0.0887. The Labute approximate surface area is 168 Å². The summed E-state index contributed by atoms with van der Waals surface area (Å²) in [6.07, 6.45) is 2.76. The van der Waals surface area contributed by atoms with Crippen molar-refractivity contribution in [2.45, 2.75) is 6.42 Å². The van der Waals surface area contributed by atoms with Gasteiger partial charge in [-0.05, 0) is 23.8 Å². The summed E-state index contributed by atoms with van der Waals surface area (Å²) in [7, 11) is 1.67. The Morgan fingerprint density at radius 3 is 2.67 bits per heavy atom. The number of quaternary nitrogens is 1. The SMILES string of the molecule is CN1C(=O)/C(=C\c2ccc(C(=O)NCCC[NH+]3CCOCC3)cc2)SC1=S. The predicted octanol–water partition coefficient (Wildman–Crippen LogP) is 0.553. The van der Waals surface area contributed by atoms with Crippen molar-refractivity contribution in [3.8, 4) is 0 Å². The second-order valence-electron chi connectivity index (χ2n) is 6.58. The molecule has 0 aromatic heterocycles. The normalized spacial score (nSPS) is 19.7. The van der Waals surface area contributed by atoms with Gasteiger partial charge >= 0.3 is 0 Å². The number of carbonyl (C=O) groups is 2. The third kappa shape index (κ3) is 5.38. The van der Waals surface area contributed by atoms with E-state index in [0.29, 0.717) is 21.3 Å². The average Bonchev–Trinajstić information content (AvgIpc) is 2.93.